The summed E-state index contributed by atoms with van der Waals surface area (Å²) in [7, 11) is 0. The Kier molecular flexibility index (Phi) is 6.36. The van der Waals surface area contributed by atoms with E-state index in [0.29, 0.717) is 31.2 Å². The molecule has 1 saturated heterocycles. The van der Waals surface area contributed by atoms with E-state index in [1.54, 1.807) is 17.0 Å². The quantitative estimate of drug-likeness (QED) is 0.428. The first-order valence-corrected chi connectivity index (χ1v) is 10.2. The SMILES string of the molecule is CSc1ccc([N+](=O)[O-])c(C(=O)N2CCN(Cc3cccc(Cl)c3)CC2)c1. The highest BCUT2D eigenvalue weighted by Crippen LogP contribution is 2.26. The number of carbonyl (C=O) groups excluding carboxylic acids is 1. The minimum Gasteiger partial charge on any atom is -0.336 e. The molecule has 0 spiro atoms. The van der Waals surface area contributed by atoms with Crippen LogP contribution in [0.4, 0.5) is 5.69 Å². The van der Waals surface area contributed by atoms with Crippen LogP contribution in [-0.2, 0) is 6.54 Å². The zero-order chi connectivity index (χ0) is 19.4. The van der Waals surface area contributed by atoms with E-state index < -0.39 is 4.92 Å². The van der Waals surface area contributed by atoms with Crippen molar-refractivity contribution < 1.29 is 9.72 Å². The Labute approximate surface area is 167 Å². The smallest absolute Gasteiger partial charge is 0.282 e. The summed E-state index contributed by atoms with van der Waals surface area (Å²) < 4.78 is 0. The molecule has 1 aliphatic heterocycles. The summed E-state index contributed by atoms with van der Waals surface area (Å²) in [6.45, 7) is 3.29. The van der Waals surface area contributed by atoms with Crippen LogP contribution in [0.5, 0.6) is 0 Å². The second kappa shape index (κ2) is 8.73. The van der Waals surface area contributed by atoms with E-state index >= 15 is 0 Å². The highest BCUT2D eigenvalue weighted by molar-refractivity contribution is 7.98. The number of nitro benzene ring substituents is 1. The fourth-order valence-electron chi connectivity index (χ4n) is 3.15. The third-order valence-corrected chi connectivity index (χ3v) is 5.55. The summed E-state index contributed by atoms with van der Waals surface area (Å²) in [4.78, 5) is 28.5. The third-order valence-electron chi connectivity index (χ3n) is 4.59. The van der Waals surface area contributed by atoms with Gasteiger partial charge in [-0.05, 0) is 36.1 Å². The van der Waals surface area contributed by atoms with E-state index in [1.807, 2.05) is 30.5 Å². The number of amides is 1. The molecule has 0 saturated carbocycles. The van der Waals surface area contributed by atoms with E-state index in [0.717, 1.165) is 17.0 Å². The molecule has 142 valence electrons. The molecule has 1 aliphatic rings. The molecule has 27 heavy (non-hydrogen) atoms. The van der Waals surface area contributed by atoms with Gasteiger partial charge in [-0.25, -0.2) is 0 Å². The second-order valence-corrected chi connectivity index (χ2v) is 7.65. The Morgan fingerprint density at radius 1 is 1.19 bits per heavy atom. The number of rotatable bonds is 5. The van der Waals surface area contributed by atoms with E-state index in [9.17, 15) is 14.9 Å². The predicted octanol–water partition coefficient (Wildman–Crippen LogP) is 3.93. The van der Waals surface area contributed by atoms with E-state index in [2.05, 4.69) is 4.90 Å². The van der Waals surface area contributed by atoms with E-state index in [-0.39, 0.29) is 17.2 Å². The summed E-state index contributed by atoms with van der Waals surface area (Å²) in [5, 5.41) is 12.0. The third kappa shape index (κ3) is 4.80. The van der Waals surface area contributed by atoms with Gasteiger partial charge in [0.15, 0.2) is 0 Å². The number of hydrogen-bond acceptors (Lipinski definition) is 5. The molecule has 0 N–H and O–H groups in total. The number of nitrogens with zero attached hydrogens (tertiary/aromatic N) is 3. The number of nitro groups is 1. The molecule has 0 radical (unpaired) electrons. The minimum atomic E-state index is -0.493. The zero-order valence-corrected chi connectivity index (χ0v) is 16.5. The van der Waals surface area contributed by atoms with Crippen LogP contribution < -0.4 is 0 Å². The molecule has 2 aromatic carbocycles. The molecule has 1 heterocycles. The van der Waals surface area contributed by atoms with Crippen LogP contribution in [0.15, 0.2) is 47.4 Å². The highest BCUT2D eigenvalue weighted by Gasteiger charge is 2.27. The Bertz CT molecular complexity index is 854. The van der Waals surface area contributed by atoms with E-state index in [4.69, 9.17) is 11.6 Å². The molecule has 6 nitrogen and oxygen atoms in total. The van der Waals surface area contributed by atoms with Crippen molar-refractivity contribution in [3.05, 3.63) is 68.7 Å². The average molecular weight is 406 g/mol. The summed E-state index contributed by atoms with van der Waals surface area (Å²) in [6, 6.07) is 12.4. The standard InChI is InChI=1S/C19H20ClN3O3S/c1-27-16-5-6-18(23(25)26)17(12-16)19(24)22-9-7-21(8-10-22)13-14-3-2-4-15(20)11-14/h2-6,11-12H,7-10,13H2,1H3. The lowest BCUT2D eigenvalue weighted by Gasteiger charge is -2.34. The minimum absolute atomic E-state index is 0.140. The maximum Gasteiger partial charge on any atom is 0.282 e. The van der Waals surface area contributed by atoms with Crippen LogP contribution in [-0.4, -0.2) is 53.1 Å². The molecule has 8 heteroatoms. The van der Waals surface area contributed by atoms with Crippen LogP contribution in [0.1, 0.15) is 15.9 Å². The molecular formula is C19H20ClN3O3S. The lowest BCUT2D eigenvalue weighted by molar-refractivity contribution is -0.385. The predicted molar refractivity (Wildman–Crippen MR) is 108 cm³/mol. The average Bonchev–Trinajstić information content (AvgIpc) is 2.67. The Morgan fingerprint density at radius 3 is 2.56 bits per heavy atom. The molecule has 0 aromatic heterocycles. The van der Waals surface area contributed by atoms with Crippen LogP contribution in [0.2, 0.25) is 5.02 Å². The van der Waals surface area contributed by atoms with Crippen molar-refractivity contribution in [3.8, 4) is 0 Å². The van der Waals surface area contributed by atoms with Gasteiger partial charge in [0.25, 0.3) is 11.6 Å². The molecule has 1 amide bonds. The number of benzene rings is 2. The molecular weight excluding hydrogens is 386 g/mol. The van der Waals surface area contributed by atoms with Crippen molar-refractivity contribution in [1.82, 2.24) is 9.80 Å². The summed E-state index contributed by atoms with van der Waals surface area (Å²) in [5.41, 5.74) is 1.15. The Morgan fingerprint density at radius 2 is 1.93 bits per heavy atom. The number of carbonyl (C=O) groups is 1. The van der Waals surface area contributed by atoms with Crippen LogP contribution in [0, 0.1) is 10.1 Å². The van der Waals surface area contributed by atoms with Crippen LogP contribution in [0.25, 0.3) is 0 Å². The normalized spacial score (nSPS) is 15.0. The van der Waals surface area contributed by atoms with Gasteiger partial charge >= 0.3 is 0 Å². The van der Waals surface area contributed by atoms with E-state index in [1.165, 1.54) is 17.8 Å². The summed E-state index contributed by atoms with van der Waals surface area (Å²) in [6.07, 6.45) is 1.88. The number of hydrogen-bond donors (Lipinski definition) is 0. The monoisotopic (exact) mass is 405 g/mol. The fourth-order valence-corrected chi connectivity index (χ4v) is 3.80. The molecule has 3 rings (SSSR count). The van der Waals surface area contributed by atoms with Gasteiger partial charge in [-0.15, -0.1) is 11.8 Å². The van der Waals surface area contributed by atoms with Crippen molar-refractivity contribution in [2.75, 3.05) is 32.4 Å². The topological polar surface area (TPSA) is 66.7 Å². The maximum atomic E-state index is 12.9. The van der Waals surface area contributed by atoms with Gasteiger partial charge < -0.3 is 4.90 Å². The highest BCUT2D eigenvalue weighted by atomic mass is 35.5. The molecule has 0 bridgehead atoms. The summed E-state index contributed by atoms with van der Waals surface area (Å²) >= 11 is 7.49. The maximum absolute atomic E-state index is 12.9. The van der Waals surface area contributed by atoms with Crippen molar-refractivity contribution in [1.29, 1.82) is 0 Å². The molecule has 0 aliphatic carbocycles. The molecule has 0 unspecified atom stereocenters. The van der Waals surface area contributed by atoms with Crippen molar-refractivity contribution in [2.24, 2.45) is 0 Å². The largest absolute Gasteiger partial charge is 0.336 e. The van der Waals surface area contributed by atoms with Gasteiger partial charge in [-0.1, -0.05) is 23.7 Å². The first-order chi connectivity index (χ1) is 13.0. The van der Waals surface area contributed by atoms with Crippen LogP contribution in [0.3, 0.4) is 0 Å². The number of piperazine rings is 1. The second-order valence-electron chi connectivity index (χ2n) is 6.34. The fraction of sp³-hybridized carbons (Fsp3) is 0.316. The number of thioether (sulfide) groups is 1. The molecule has 0 atom stereocenters. The Balaban J connectivity index is 1.67. The van der Waals surface area contributed by atoms with Crippen molar-refractivity contribution >= 4 is 35.0 Å². The van der Waals surface area contributed by atoms with Gasteiger partial charge in [0.1, 0.15) is 5.56 Å². The number of halogens is 1. The van der Waals surface area contributed by atoms with Gasteiger partial charge in [0, 0.05) is 48.7 Å². The first kappa shape index (κ1) is 19.7. The van der Waals surface area contributed by atoms with Gasteiger partial charge in [0.05, 0.1) is 4.92 Å². The Hall–Kier alpha value is -2.09. The molecule has 2 aromatic rings. The lowest BCUT2D eigenvalue weighted by atomic mass is 10.1. The molecule has 1 fully saturated rings. The van der Waals surface area contributed by atoms with Gasteiger partial charge in [-0.2, -0.15) is 0 Å². The lowest BCUT2D eigenvalue weighted by Crippen LogP contribution is -2.48. The first-order valence-electron chi connectivity index (χ1n) is 8.56. The summed E-state index contributed by atoms with van der Waals surface area (Å²) in [5.74, 6) is -0.278. The van der Waals surface area contributed by atoms with Crippen molar-refractivity contribution in [3.63, 3.8) is 0 Å². The zero-order valence-electron chi connectivity index (χ0n) is 14.9. The van der Waals surface area contributed by atoms with Crippen molar-refractivity contribution in [2.45, 2.75) is 11.4 Å². The van der Waals surface area contributed by atoms with Crippen LogP contribution >= 0.6 is 23.4 Å². The van der Waals surface area contributed by atoms with Gasteiger partial charge in [-0.3, -0.25) is 19.8 Å². The van der Waals surface area contributed by atoms with Gasteiger partial charge in [0.2, 0.25) is 0 Å².